The summed E-state index contributed by atoms with van der Waals surface area (Å²) in [7, 11) is 0. The molecule has 2 aromatic rings. The Balaban J connectivity index is 1.09. The zero-order chi connectivity index (χ0) is 20.1. The maximum Gasteiger partial charge on any atom is 0.272 e. The highest BCUT2D eigenvalue weighted by Gasteiger charge is 2.42. The molecule has 0 bridgehead atoms. The van der Waals surface area contributed by atoms with Crippen LogP contribution in [0, 0.1) is 17.8 Å². The number of hydrogen-bond acceptors (Lipinski definition) is 4. The number of hydrogen-bond donors (Lipinski definition) is 1. The lowest BCUT2D eigenvalue weighted by Gasteiger charge is -2.31. The Bertz CT molecular complexity index is 934. The van der Waals surface area contributed by atoms with Crippen LogP contribution in [0.1, 0.15) is 47.4 Å². The predicted molar refractivity (Wildman–Crippen MR) is 113 cm³/mol. The van der Waals surface area contributed by atoms with Crippen molar-refractivity contribution in [2.24, 2.45) is 17.8 Å². The number of aromatic nitrogens is 2. The average Bonchev–Trinajstić information content (AvgIpc) is 3.69. The lowest BCUT2D eigenvalue weighted by molar-refractivity contribution is 0.0909. The second-order valence-electron chi connectivity index (χ2n) is 9.61. The Morgan fingerprint density at radius 1 is 1.17 bits per heavy atom. The molecule has 4 aliphatic rings. The van der Waals surface area contributed by atoms with Crippen LogP contribution in [0.15, 0.2) is 30.3 Å². The minimum absolute atomic E-state index is 0.0135. The fraction of sp³-hybridized carbons (Fsp3) is 0.583. The largest absolute Gasteiger partial charge is 0.491 e. The SMILES string of the molecule is O=C(N[C@H]1COc2ccccc2C1)c1cc2n(n1)CCN(CC(C1CC1)C1CC1)C2. The van der Waals surface area contributed by atoms with Crippen LogP contribution >= 0.6 is 0 Å². The van der Waals surface area contributed by atoms with E-state index < -0.39 is 0 Å². The minimum atomic E-state index is -0.0923. The van der Waals surface area contributed by atoms with Crippen molar-refractivity contribution in [3.63, 3.8) is 0 Å². The summed E-state index contributed by atoms with van der Waals surface area (Å²) in [5.74, 6) is 3.69. The first-order chi connectivity index (χ1) is 14.7. The Morgan fingerprint density at radius 2 is 1.97 bits per heavy atom. The molecule has 2 saturated carbocycles. The molecular formula is C24H30N4O2. The van der Waals surface area contributed by atoms with E-state index in [4.69, 9.17) is 4.74 Å². The van der Waals surface area contributed by atoms with Gasteiger partial charge in [0.15, 0.2) is 5.69 Å². The number of para-hydroxylation sites is 1. The molecule has 2 aliphatic carbocycles. The highest BCUT2D eigenvalue weighted by molar-refractivity contribution is 5.92. The van der Waals surface area contributed by atoms with Gasteiger partial charge in [0.05, 0.1) is 18.3 Å². The molecule has 0 unspecified atom stereocenters. The van der Waals surface area contributed by atoms with Gasteiger partial charge in [-0.3, -0.25) is 14.4 Å². The summed E-state index contributed by atoms with van der Waals surface area (Å²) in [6.45, 7) is 4.56. The van der Waals surface area contributed by atoms with Gasteiger partial charge in [-0.05, 0) is 67.6 Å². The van der Waals surface area contributed by atoms with Crippen molar-refractivity contribution >= 4 is 5.91 Å². The second kappa shape index (κ2) is 7.41. The summed E-state index contributed by atoms with van der Waals surface area (Å²) in [4.78, 5) is 15.4. The molecule has 0 saturated heterocycles. The lowest BCUT2D eigenvalue weighted by Crippen LogP contribution is -2.42. The fourth-order valence-electron chi connectivity index (χ4n) is 5.30. The highest BCUT2D eigenvalue weighted by Crippen LogP contribution is 2.49. The predicted octanol–water partition coefficient (Wildman–Crippen LogP) is 2.87. The van der Waals surface area contributed by atoms with Crippen LogP contribution in [0.4, 0.5) is 0 Å². The molecule has 6 heteroatoms. The van der Waals surface area contributed by atoms with E-state index in [2.05, 4.69) is 21.4 Å². The van der Waals surface area contributed by atoms with Crippen LogP contribution in [0.25, 0.3) is 0 Å². The van der Waals surface area contributed by atoms with Crippen molar-refractivity contribution in [2.75, 3.05) is 19.7 Å². The third-order valence-corrected chi connectivity index (χ3v) is 7.25. The molecule has 2 aliphatic heterocycles. The van der Waals surface area contributed by atoms with E-state index in [1.807, 2.05) is 28.9 Å². The van der Waals surface area contributed by atoms with Crippen LogP contribution in [-0.4, -0.2) is 46.3 Å². The molecule has 1 atom stereocenters. The first-order valence-corrected chi connectivity index (χ1v) is 11.5. The van der Waals surface area contributed by atoms with Gasteiger partial charge in [0.25, 0.3) is 5.91 Å². The van der Waals surface area contributed by atoms with Crippen molar-refractivity contribution in [1.82, 2.24) is 20.0 Å². The van der Waals surface area contributed by atoms with E-state index in [0.717, 1.165) is 55.1 Å². The molecule has 6 nitrogen and oxygen atoms in total. The number of fused-ring (bicyclic) bond motifs is 2. The van der Waals surface area contributed by atoms with Crippen molar-refractivity contribution < 1.29 is 9.53 Å². The zero-order valence-corrected chi connectivity index (χ0v) is 17.4. The zero-order valence-electron chi connectivity index (χ0n) is 17.4. The number of benzene rings is 1. The monoisotopic (exact) mass is 406 g/mol. The maximum atomic E-state index is 12.8. The third-order valence-electron chi connectivity index (χ3n) is 7.25. The average molecular weight is 407 g/mol. The van der Waals surface area contributed by atoms with Crippen LogP contribution in [0.3, 0.4) is 0 Å². The molecule has 0 spiro atoms. The molecular weight excluding hydrogens is 376 g/mol. The fourth-order valence-corrected chi connectivity index (χ4v) is 5.30. The van der Waals surface area contributed by atoms with E-state index in [-0.39, 0.29) is 11.9 Å². The molecule has 0 radical (unpaired) electrons. The van der Waals surface area contributed by atoms with Crippen LogP contribution in [-0.2, 0) is 19.5 Å². The number of nitrogens with one attached hydrogen (secondary N) is 1. The molecule has 3 heterocycles. The highest BCUT2D eigenvalue weighted by atomic mass is 16.5. The third kappa shape index (κ3) is 3.73. The Morgan fingerprint density at radius 3 is 2.77 bits per heavy atom. The second-order valence-corrected chi connectivity index (χ2v) is 9.61. The molecule has 1 N–H and O–H groups in total. The summed E-state index contributed by atoms with van der Waals surface area (Å²) < 4.78 is 7.84. The summed E-state index contributed by atoms with van der Waals surface area (Å²) in [6, 6.07) is 10.0. The standard InChI is InChI=1S/C24H30N4O2/c29-24(25-19-11-18-3-1-2-4-23(18)30-15-19)22-12-20-13-27(9-10-28(20)26-22)14-21(16-5-6-16)17-7-8-17/h1-4,12,16-17,19,21H,5-11,13-15H2,(H,25,29)/t19-/m1/s1. The number of carbonyl (C=O) groups excluding carboxylic acids is 1. The molecule has 1 aromatic carbocycles. The van der Waals surface area contributed by atoms with E-state index in [1.165, 1.54) is 37.9 Å². The first kappa shape index (κ1) is 18.4. The Kier molecular flexibility index (Phi) is 4.55. The summed E-state index contributed by atoms with van der Waals surface area (Å²) >= 11 is 0. The van der Waals surface area contributed by atoms with Crippen molar-refractivity contribution in [1.29, 1.82) is 0 Å². The van der Waals surface area contributed by atoms with Crippen molar-refractivity contribution in [3.8, 4) is 5.75 Å². The van der Waals surface area contributed by atoms with Gasteiger partial charge in [0.1, 0.15) is 12.4 Å². The normalized spacial score (nSPS) is 23.6. The molecule has 6 rings (SSSR count). The summed E-state index contributed by atoms with van der Waals surface area (Å²) in [6.07, 6.45) is 6.55. The van der Waals surface area contributed by atoms with Gasteiger partial charge in [-0.25, -0.2) is 0 Å². The quantitative estimate of drug-likeness (QED) is 0.801. The van der Waals surface area contributed by atoms with E-state index in [1.54, 1.807) is 0 Å². The van der Waals surface area contributed by atoms with Gasteiger partial charge in [0.2, 0.25) is 0 Å². The van der Waals surface area contributed by atoms with Crippen molar-refractivity contribution in [3.05, 3.63) is 47.3 Å². The van der Waals surface area contributed by atoms with Crippen molar-refractivity contribution in [2.45, 2.75) is 51.2 Å². The molecule has 30 heavy (non-hydrogen) atoms. The van der Waals surface area contributed by atoms with Crippen LogP contribution in [0.5, 0.6) is 5.75 Å². The molecule has 158 valence electrons. The van der Waals surface area contributed by atoms with Gasteiger partial charge in [-0.1, -0.05) is 18.2 Å². The number of amides is 1. The Labute approximate surface area is 177 Å². The maximum absolute atomic E-state index is 12.8. The smallest absolute Gasteiger partial charge is 0.272 e. The van der Waals surface area contributed by atoms with E-state index in [9.17, 15) is 4.79 Å². The molecule has 1 amide bonds. The first-order valence-electron chi connectivity index (χ1n) is 11.5. The summed E-state index contributed by atoms with van der Waals surface area (Å²) in [5.41, 5.74) is 2.85. The van der Waals surface area contributed by atoms with E-state index in [0.29, 0.717) is 12.3 Å². The van der Waals surface area contributed by atoms with Crippen LogP contribution < -0.4 is 10.1 Å². The number of ether oxygens (including phenoxy) is 1. The summed E-state index contributed by atoms with van der Waals surface area (Å²) in [5, 5.41) is 7.73. The molecule has 1 aromatic heterocycles. The van der Waals surface area contributed by atoms with Gasteiger partial charge in [-0.15, -0.1) is 0 Å². The van der Waals surface area contributed by atoms with Gasteiger partial charge >= 0.3 is 0 Å². The van der Waals surface area contributed by atoms with Crippen LogP contribution in [0.2, 0.25) is 0 Å². The molecule has 2 fully saturated rings. The lowest BCUT2D eigenvalue weighted by atomic mass is 9.97. The van der Waals surface area contributed by atoms with Gasteiger partial charge < -0.3 is 10.1 Å². The topological polar surface area (TPSA) is 59.4 Å². The number of carbonyl (C=O) groups is 1. The number of rotatable bonds is 6. The van der Waals surface area contributed by atoms with Gasteiger partial charge in [0, 0.05) is 19.6 Å². The minimum Gasteiger partial charge on any atom is -0.491 e. The Hall–Kier alpha value is -2.34. The van der Waals surface area contributed by atoms with E-state index >= 15 is 0 Å². The number of nitrogens with zero attached hydrogens (tertiary/aromatic N) is 3. The van der Waals surface area contributed by atoms with Gasteiger partial charge in [-0.2, -0.15) is 5.10 Å².